The molecule has 0 saturated carbocycles. The molecular weight excluding hydrogens is 558 g/mol. The molecule has 3 unspecified atom stereocenters. The Bertz CT molecular complexity index is 1410. The van der Waals surface area contributed by atoms with Crippen LogP contribution in [0, 0.1) is 0 Å². The Kier molecular flexibility index (Phi) is 10.1. The van der Waals surface area contributed by atoms with Gasteiger partial charge in [-0.3, -0.25) is 39.0 Å². The first-order valence-corrected chi connectivity index (χ1v) is 14.2. The van der Waals surface area contributed by atoms with Crippen LogP contribution in [-0.4, -0.2) is 81.8 Å². The second kappa shape index (κ2) is 13.9. The van der Waals surface area contributed by atoms with Gasteiger partial charge in [0.05, 0.1) is 17.7 Å². The minimum atomic E-state index is -1.07. The summed E-state index contributed by atoms with van der Waals surface area (Å²) in [5, 5.41) is 29.5. The molecule has 3 atom stereocenters. The fourth-order valence-electron chi connectivity index (χ4n) is 5.03. The van der Waals surface area contributed by atoms with Gasteiger partial charge in [-0.05, 0) is 62.4 Å². The van der Waals surface area contributed by atoms with Crippen LogP contribution in [-0.2, 0) is 25.6 Å². The van der Waals surface area contributed by atoms with Gasteiger partial charge in [0.25, 0.3) is 11.8 Å². The number of anilines is 1. The number of amides is 6. The number of aryl methyl sites for hydroxylation is 1. The Morgan fingerprint density at radius 2 is 1.79 bits per heavy atom. The maximum absolute atomic E-state index is 13.2. The summed E-state index contributed by atoms with van der Waals surface area (Å²) >= 11 is 0. The molecule has 0 aliphatic carbocycles. The first-order chi connectivity index (χ1) is 20.6. The smallest absolute Gasteiger partial charge is 0.264 e. The molecule has 0 bridgehead atoms. The molecule has 13 nitrogen and oxygen atoms in total. The highest BCUT2D eigenvalue weighted by Gasteiger charge is 2.45. The molecule has 2 aromatic rings. The quantitative estimate of drug-likeness (QED) is 0.142. The van der Waals surface area contributed by atoms with Crippen molar-refractivity contribution in [3.63, 3.8) is 0 Å². The molecule has 0 spiro atoms. The number of rotatable bonds is 13. The Labute approximate surface area is 248 Å². The van der Waals surface area contributed by atoms with Crippen LogP contribution in [0.2, 0.25) is 0 Å². The van der Waals surface area contributed by atoms with Gasteiger partial charge < -0.3 is 26.2 Å². The van der Waals surface area contributed by atoms with Gasteiger partial charge in [0.1, 0.15) is 17.8 Å². The molecule has 1 saturated heterocycles. The molecule has 0 radical (unpaired) electrons. The maximum atomic E-state index is 13.2. The average Bonchev–Trinajstić information content (AvgIpc) is 3.24. The normalized spacial score (nSPS) is 17.6. The third-order valence-corrected chi connectivity index (χ3v) is 7.34. The van der Waals surface area contributed by atoms with Crippen molar-refractivity contribution in [2.75, 3.05) is 18.5 Å². The minimum absolute atomic E-state index is 0.0246. The van der Waals surface area contributed by atoms with Gasteiger partial charge in [0.2, 0.25) is 23.6 Å². The number of hydrogen-bond donors (Lipinski definition) is 6. The standard InChI is InChI=1S/C30H35N5O8/c1-17(16-36)32-27(40)22(12-9-18-7-10-19(37)11-8-18)33-24(38)6-3-15-31-21-5-2-4-20-26(21)30(43)35(29(20)42)23-13-14-25(39)34-28(23)41/h2,4-5,7-8,10-11,17,22-23,31,36-37H,3,6,9,12-16H2,1H3,(H,32,40)(H,33,38)(H,34,39,41). The lowest BCUT2D eigenvalue weighted by Gasteiger charge is -2.27. The monoisotopic (exact) mass is 593 g/mol. The average molecular weight is 594 g/mol. The molecule has 228 valence electrons. The number of benzene rings is 2. The number of hydrogen-bond acceptors (Lipinski definition) is 9. The number of phenols is 1. The largest absolute Gasteiger partial charge is 0.508 e. The van der Waals surface area contributed by atoms with Crippen molar-refractivity contribution in [1.29, 1.82) is 0 Å². The highest BCUT2D eigenvalue weighted by Crippen LogP contribution is 2.32. The number of aliphatic hydroxyl groups excluding tert-OH is 1. The van der Waals surface area contributed by atoms with E-state index in [0.29, 0.717) is 24.9 Å². The summed E-state index contributed by atoms with van der Waals surface area (Å²) in [5.41, 5.74) is 1.54. The summed E-state index contributed by atoms with van der Waals surface area (Å²) < 4.78 is 0. The molecule has 6 N–H and O–H groups in total. The Balaban J connectivity index is 1.33. The van der Waals surface area contributed by atoms with E-state index in [9.17, 15) is 39.0 Å². The summed E-state index contributed by atoms with van der Waals surface area (Å²) in [6, 6.07) is 8.89. The van der Waals surface area contributed by atoms with E-state index in [1.807, 2.05) is 0 Å². The number of nitrogens with zero attached hydrogens (tertiary/aromatic N) is 1. The lowest BCUT2D eigenvalue weighted by Crippen LogP contribution is -2.54. The van der Waals surface area contributed by atoms with Crippen LogP contribution in [0.3, 0.4) is 0 Å². The van der Waals surface area contributed by atoms with Crippen molar-refractivity contribution >= 4 is 41.1 Å². The van der Waals surface area contributed by atoms with Crippen LogP contribution < -0.4 is 21.3 Å². The Morgan fingerprint density at radius 3 is 2.49 bits per heavy atom. The van der Waals surface area contributed by atoms with Gasteiger partial charge in [-0.25, -0.2) is 0 Å². The third kappa shape index (κ3) is 7.55. The second-order valence-corrected chi connectivity index (χ2v) is 10.6. The van der Waals surface area contributed by atoms with E-state index in [1.54, 1.807) is 43.3 Å². The minimum Gasteiger partial charge on any atom is -0.508 e. The molecule has 13 heteroatoms. The molecule has 2 aromatic carbocycles. The molecule has 43 heavy (non-hydrogen) atoms. The van der Waals surface area contributed by atoms with Crippen LogP contribution in [0.5, 0.6) is 5.75 Å². The van der Waals surface area contributed by atoms with Crippen molar-refractivity contribution in [2.45, 2.75) is 63.6 Å². The van der Waals surface area contributed by atoms with Crippen LogP contribution in [0.15, 0.2) is 42.5 Å². The number of imide groups is 2. The number of carbonyl (C=O) groups excluding carboxylic acids is 6. The predicted molar refractivity (Wildman–Crippen MR) is 154 cm³/mol. The van der Waals surface area contributed by atoms with Crippen molar-refractivity contribution in [3.05, 3.63) is 59.2 Å². The highest BCUT2D eigenvalue weighted by molar-refractivity contribution is 6.25. The zero-order valence-electron chi connectivity index (χ0n) is 23.7. The van der Waals surface area contributed by atoms with Crippen LogP contribution in [0.25, 0.3) is 0 Å². The molecule has 0 aromatic heterocycles. The van der Waals surface area contributed by atoms with Crippen LogP contribution in [0.1, 0.15) is 65.3 Å². The van der Waals surface area contributed by atoms with E-state index in [4.69, 9.17) is 0 Å². The summed E-state index contributed by atoms with van der Waals surface area (Å²) in [5.74, 6) is -3.03. The first kappa shape index (κ1) is 31.2. The number of aromatic hydroxyl groups is 1. The number of fused-ring (bicyclic) bond motifs is 1. The second-order valence-electron chi connectivity index (χ2n) is 10.6. The fourth-order valence-corrected chi connectivity index (χ4v) is 5.03. The Hall–Kier alpha value is -4.78. The van der Waals surface area contributed by atoms with Crippen molar-refractivity contribution in [3.8, 4) is 5.75 Å². The predicted octanol–water partition coefficient (Wildman–Crippen LogP) is 0.600. The molecule has 2 heterocycles. The molecular formula is C30H35N5O8. The van der Waals surface area contributed by atoms with E-state index in [-0.39, 0.29) is 55.2 Å². The van der Waals surface area contributed by atoms with Crippen LogP contribution >= 0.6 is 0 Å². The molecule has 6 amide bonds. The first-order valence-electron chi connectivity index (χ1n) is 14.2. The van der Waals surface area contributed by atoms with E-state index < -0.39 is 47.7 Å². The maximum Gasteiger partial charge on any atom is 0.264 e. The van der Waals surface area contributed by atoms with Crippen molar-refractivity contribution in [1.82, 2.24) is 20.9 Å². The van der Waals surface area contributed by atoms with E-state index in [2.05, 4.69) is 21.3 Å². The summed E-state index contributed by atoms with van der Waals surface area (Å²) in [4.78, 5) is 76.5. The SMILES string of the molecule is CC(CO)NC(=O)C(CCc1ccc(O)cc1)NC(=O)CCCNc1cccc2c1C(=O)N(C1CCC(=O)NC1=O)C2=O. The number of aliphatic hydroxyl groups is 1. The Morgan fingerprint density at radius 1 is 1.05 bits per heavy atom. The van der Waals surface area contributed by atoms with Gasteiger partial charge in [-0.2, -0.15) is 0 Å². The molecule has 4 rings (SSSR count). The zero-order valence-corrected chi connectivity index (χ0v) is 23.7. The van der Waals surface area contributed by atoms with Gasteiger partial charge in [0.15, 0.2) is 0 Å². The number of phenolic OH excluding ortho intramolecular Hbond substituents is 1. The van der Waals surface area contributed by atoms with Gasteiger partial charge in [-0.1, -0.05) is 18.2 Å². The topological polar surface area (TPSA) is 194 Å². The third-order valence-electron chi connectivity index (χ3n) is 7.34. The fraction of sp³-hybridized carbons (Fsp3) is 0.400. The summed E-state index contributed by atoms with van der Waals surface area (Å²) in [6.45, 7) is 1.67. The lowest BCUT2D eigenvalue weighted by molar-refractivity contribution is -0.136. The highest BCUT2D eigenvalue weighted by atomic mass is 16.3. The number of carbonyl (C=O) groups is 6. The van der Waals surface area contributed by atoms with E-state index >= 15 is 0 Å². The molecule has 2 aliphatic rings. The van der Waals surface area contributed by atoms with Crippen molar-refractivity contribution in [2.24, 2.45) is 0 Å². The molecule has 1 fully saturated rings. The van der Waals surface area contributed by atoms with Gasteiger partial charge in [-0.15, -0.1) is 0 Å². The summed E-state index contributed by atoms with van der Waals surface area (Å²) in [6.07, 6.45) is 1.26. The van der Waals surface area contributed by atoms with E-state index in [0.717, 1.165) is 10.5 Å². The molecule has 2 aliphatic heterocycles. The zero-order chi connectivity index (χ0) is 31.1. The summed E-state index contributed by atoms with van der Waals surface area (Å²) in [7, 11) is 0. The van der Waals surface area contributed by atoms with Crippen molar-refractivity contribution < 1.29 is 39.0 Å². The number of piperidine rings is 1. The van der Waals surface area contributed by atoms with Crippen LogP contribution in [0.4, 0.5) is 5.69 Å². The van der Waals surface area contributed by atoms with Gasteiger partial charge >= 0.3 is 0 Å². The van der Waals surface area contributed by atoms with Gasteiger partial charge in [0, 0.05) is 31.1 Å². The van der Waals surface area contributed by atoms with E-state index in [1.165, 1.54) is 6.07 Å². The number of nitrogens with one attached hydrogen (secondary N) is 4. The lowest BCUT2D eigenvalue weighted by atomic mass is 10.0.